The second-order valence-corrected chi connectivity index (χ2v) is 6.03. The molecule has 0 spiro atoms. The molecule has 1 saturated carbocycles. The predicted molar refractivity (Wildman–Crippen MR) is 69.1 cm³/mol. The number of hydrogen-bond acceptors (Lipinski definition) is 3. The summed E-state index contributed by atoms with van der Waals surface area (Å²) in [5, 5.41) is 12.6. The van der Waals surface area contributed by atoms with Crippen LogP contribution in [0.2, 0.25) is 0 Å². The number of amides is 1. The van der Waals surface area contributed by atoms with Crippen LogP contribution >= 0.6 is 0 Å². The molecule has 4 nitrogen and oxygen atoms in total. The van der Waals surface area contributed by atoms with E-state index >= 15 is 0 Å². The van der Waals surface area contributed by atoms with Crippen LogP contribution in [0.4, 0.5) is 0 Å². The Balaban J connectivity index is 1.83. The van der Waals surface area contributed by atoms with Crippen molar-refractivity contribution in [2.75, 3.05) is 26.4 Å². The molecular formula is C14H25NO3. The highest BCUT2D eigenvalue weighted by atomic mass is 16.5. The highest BCUT2D eigenvalue weighted by Gasteiger charge is 2.35. The Hall–Kier alpha value is -0.610. The average Bonchev–Trinajstić information content (AvgIpc) is 2.86. The van der Waals surface area contributed by atoms with Gasteiger partial charge in [0.2, 0.25) is 5.91 Å². The standard InChI is InChI=1S/C14H25NO3/c1-11-8-18-7-4-12(11)13(17)15-9-14(10-16)5-2-3-6-14/h11-12,16H,2-10H2,1H3,(H,15,17). The van der Waals surface area contributed by atoms with Gasteiger partial charge in [0.05, 0.1) is 6.61 Å². The monoisotopic (exact) mass is 255 g/mol. The van der Waals surface area contributed by atoms with Crippen molar-refractivity contribution in [3.05, 3.63) is 0 Å². The van der Waals surface area contributed by atoms with Gasteiger partial charge in [0, 0.05) is 31.1 Å². The fourth-order valence-corrected chi connectivity index (χ4v) is 3.19. The maximum absolute atomic E-state index is 12.2. The molecule has 1 saturated heterocycles. The first-order valence-electron chi connectivity index (χ1n) is 7.13. The van der Waals surface area contributed by atoms with E-state index in [9.17, 15) is 9.90 Å². The quantitative estimate of drug-likeness (QED) is 0.796. The van der Waals surface area contributed by atoms with Crippen molar-refractivity contribution in [2.24, 2.45) is 17.3 Å². The van der Waals surface area contributed by atoms with Gasteiger partial charge in [-0.1, -0.05) is 19.8 Å². The summed E-state index contributed by atoms with van der Waals surface area (Å²) in [4.78, 5) is 12.2. The van der Waals surface area contributed by atoms with Gasteiger partial charge in [0.15, 0.2) is 0 Å². The predicted octanol–water partition coefficient (Wildman–Crippen LogP) is 1.33. The molecule has 0 aromatic carbocycles. The van der Waals surface area contributed by atoms with E-state index in [2.05, 4.69) is 12.2 Å². The molecule has 1 aliphatic carbocycles. The van der Waals surface area contributed by atoms with Crippen LogP contribution in [0, 0.1) is 17.3 Å². The van der Waals surface area contributed by atoms with Crippen molar-refractivity contribution >= 4 is 5.91 Å². The van der Waals surface area contributed by atoms with E-state index in [-0.39, 0.29) is 23.8 Å². The van der Waals surface area contributed by atoms with Crippen molar-refractivity contribution < 1.29 is 14.6 Å². The molecule has 104 valence electrons. The summed E-state index contributed by atoms with van der Waals surface area (Å²) in [5.41, 5.74) is -0.0515. The molecule has 1 amide bonds. The smallest absolute Gasteiger partial charge is 0.223 e. The van der Waals surface area contributed by atoms with Crippen LogP contribution in [0.1, 0.15) is 39.0 Å². The van der Waals surface area contributed by atoms with Crippen LogP contribution in [0.25, 0.3) is 0 Å². The Bertz CT molecular complexity index is 287. The second kappa shape index (κ2) is 6.02. The van der Waals surface area contributed by atoms with Crippen LogP contribution in [-0.2, 0) is 9.53 Å². The van der Waals surface area contributed by atoms with E-state index in [1.54, 1.807) is 0 Å². The Morgan fingerprint density at radius 1 is 1.44 bits per heavy atom. The van der Waals surface area contributed by atoms with Crippen molar-refractivity contribution in [1.82, 2.24) is 5.32 Å². The van der Waals surface area contributed by atoms with Gasteiger partial charge in [0.25, 0.3) is 0 Å². The highest BCUT2D eigenvalue weighted by Crippen LogP contribution is 2.37. The van der Waals surface area contributed by atoms with Crippen LogP contribution in [-0.4, -0.2) is 37.4 Å². The molecule has 0 aromatic heterocycles. The third kappa shape index (κ3) is 3.04. The molecule has 2 unspecified atom stereocenters. The molecule has 18 heavy (non-hydrogen) atoms. The lowest BCUT2D eigenvalue weighted by Crippen LogP contribution is -2.44. The molecule has 4 heteroatoms. The molecular weight excluding hydrogens is 230 g/mol. The third-order valence-electron chi connectivity index (χ3n) is 4.61. The van der Waals surface area contributed by atoms with Gasteiger partial charge >= 0.3 is 0 Å². The normalized spacial score (nSPS) is 31.2. The average molecular weight is 255 g/mol. The number of carbonyl (C=O) groups is 1. The fourth-order valence-electron chi connectivity index (χ4n) is 3.19. The van der Waals surface area contributed by atoms with Gasteiger partial charge in [0.1, 0.15) is 0 Å². The molecule has 0 aromatic rings. The van der Waals surface area contributed by atoms with E-state index in [0.29, 0.717) is 25.7 Å². The molecule has 0 bridgehead atoms. The van der Waals surface area contributed by atoms with Gasteiger partial charge in [-0.25, -0.2) is 0 Å². The number of rotatable bonds is 4. The first kappa shape index (κ1) is 13.8. The number of ether oxygens (including phenoxy) is 1. The Labute approximate surface area is 109 Å². The van der Waals surface area contributed by atoms with E-state index in [0.717, 1.165) is 19.3 Å². The topological polar surface area (TPSA) is 58.6 Å². The molecule has 1 heterocycles. The first-order valence-corrected chi connectivity index (χ1v) is 7.13. The largest absolute Gasteiger partial charge is 0.396 e. The number of hydrogen-bond donors (Lipinski definition) is 2. The maximum Gasteiger partial charge on any atom is 0.223 e. The minimum Gasteiger partial charge on any atom is -0.396 e. The van der Waals surface area contributed by atoms with Gasteiger partial charge in [-0.2, -0.15) is 0 Å². The Morgan fingerprint density at radius 3 is 2.78 bits per heavy atom. The highest BCUT2D eigenvalue weighted by molar-refractivity contribution is 5.79. The van der Waals surface area contributed by atoms with Crippen LogP contribution in [0.5, 0.6) is 0 Å². The minimum absolute atomic E-state index is 0.0515. The first-order chi connectivity index (χ1) is 8.67. The van der Waals surface area contributed by atoms with Crippen molar-refractivity contribution in [3.8, 4) is 0 Å². The van der Waals surface area contributed by atoms with Gasteiger partial charge in [-0.3, -0.25) is 4.79 Å². The number of nitrogens with one attached hydrogen (secondary N) is 1. The van der Waals surface area contributed by atoms with Crippen molar-refractivity contribution in [3.63, 3.8) is 0 Å². The molecule has 2 N–H and O–H groups in total. The van der Waals surface area contributed by atoms with Gasteiger partial charge < -0.3 is 15.2 Å². The zero-order valence-corrected chi connectivity index (χ0v) is 11.3. The molecule has 2 fully saturated rings. The minimum atomic E-state index is -0.0515. The van der Waals surface area contributed by atoms with E-state index in [1.165, 1.54) is 12.8 Å². The van der Waals surface area contributed by atoms with Gasteiger partial charge in [-0.15, -0.1) is 0 Å². The lowest BCUT2D eigenvalue weighted by atomic mass is 9.85. The third-order valence-corrected chi connectivity index (χ3v) is 4.61. The Kier molecular flexibility index (Phi) is 4.62. The zero-order valence-electron chi connectivity index (χ0n) is 11.3. The molecule has 2 atom stereocenters. The summed E-state index contributed by atoms with van der Waals surface area (Å²) in [5.74, 6) is 0.522. The SMILES string of the molecule is CC1COCCC1C(=O)NCC1(CO)CCCC1. The van der Waals surface area contributed by atoms with E-state index in [1.807, 2.05) is 0 Å². The van der Waals surface area contributed by atoms with Crippen LogP contribution < -0.4 is 5.32 Å². The Morgan fingerprint density at radius 2 is 2.17 bits per heavy atom. The van der Waals surface area contributed by atoms with Gasteiger partial charge in [-0.05, 0) is 25.2 Å². The molecule has 2 aliphatic rings. The molecule has 2 rings (SSSR count). The number of carbonyl (C=O) groups excluding carboxylic acids is 1. The molecule has 1 aliphatic heterocycles. The second-order valence-electron chi connectivity index (χ2n) is 6.03. The molecule has 0 radical (unpaired) electrons. The lowest BCUT2D eigenvalue weighted by molar-refractivity contribution is -0.131. The summed E-state index contributed by atoms with van der Waals surface area (Å²) in [7, 11) is 0. The summed E-state index contributed by atoms with van der Waals surface area (Å²) in [6.45, 7) is 4.26. The fraction of sp³-hybridized carbons (Fsp3) is 0.929. The van der Waals surface area contributed by atoms with Crippen LogP contribution in [0.15, 0.2) is 0 Å². The van der Waals surface area contributed by atoms with Crippen molar-refractivity contribution in [1.29, 1.82) is 0 Å². The summed E-state index contributed by atoms with van der Waals surface area (Å²) in [6, 6.07) is 0. The van der Waals surface area contributed by atoms with E-state index in [4.69, 9.17) is 4.74 Å². The zero-order chi connectivity index (χ0) is 13.0. The van der Waals surface area contributed by atoms with E-state index < -0.39 is 0 Å². The number of aliphatic hydroxyl groups excluding tert-OH is 1. The van der Waals surface area contributed by atoms with Crippen molar-refractivity contribution in [2.45, 2.75) is 39.0 Å². The summed E-state index contributed by atoms with van der Waals surface area (Å²) >= 11 is 0. The number of aliphatic hydroxyl groups is 1. The lowest BCUT2D eigenvalue weighted by Gasteiger charge is -2.31. The maximum atomic E-state index is 12.2. The summed E-state index contributed by atoms with van der Waals surface area (Å²) in [6.07, 6.45) is 5.23. The summed E-state index contributed by atoms with van der Waals surface area (Å²) < 4.78 is 5.36. The van der Waals surface area contributed by atoms with Crippen LogP contribution in [0.3, 0.4) is 0 Å².